The van der Waals surface area contributed by atoms with Crippen LogP contribution in [0.5, 0.6) is 0 Å². The molecule has 0 aliphatic heterocycles. The second-order valence-corrected chi connectivity index (χ2v) is 8.62. The Hall–Kier alpha value is -3.08. The predicted molar refractivity (Wildman–Crippen MR) is 117 cm³/mol. The van der Waals surface area contributed by atoms with E-state index in [1.54, 1.807) is 6.20 Å². The van der Waals surface area contributed by atoms with Crippen molar-refractivity contribution in [1.82, 2.24) is 0 Å². The number of benzene rings is 2. The minimum Gasteiger partial charge on any atom is -0.468 e. The first-order valence-electron chi connectivity index (χ1n) is 10.1. The second kappa shape index (κ2) is 8.34. The van der Waals surface area contributed by atoms with Gasteiger partial charge in [-0.05, 0) is 57.4 Å². The van der Waals surface area contributed by atoms with Gasteiger partial charge in [-0.25, -0.2) is 4.79 Å². The van der Waals surface area contributed by atoms with Crippen LogP contribution in [0.15, 0.2) is 66.9 Å². The Morgan fingerprint density at radius 2 is 1.70 bits per heavy atom. The van der Waals surface area contributed by atoms with Crippen molar-refractivity contribution in [2.75, 3.05) is 12.0 Å². The van der Waals surface area contributed by atoms with Crippen molar-refractivity contribution in [3.8, 4) is 0 Å². The summed E-state index contributed by atoms with van der Waals surface area (Å²) < 4.78 is 10.7. The minimum atomic E-state index is -0.715. The molecule has 5 nitrogen and oxygen atoms in total. The lowest BCUT2D eigenvalue weighted by atomic mass is 9.89. The van der Waals surface area contributed by atoms with Crippen molar-refractivity contribution in [2.45, 2.75) is 45.1 Å². The van der Waals surface area contributed by atoms with E-state index >= 15 is 0 Å². The Morgan fingerprint density at radius 3 is 2.30 bits per heavy atom. The van der Waals surface area contributed by atoms with Gasteiger partial charge in [0.2, 0.25) is 0 Å². The van der Waals surface area contributed by atoms with Gasteiger partial charge in [0.05, 0.1) is 12.8 Å². The number of aryl methyl sites for hydroxylation is 1. The molecule has 0 spiro atoms. The highest BCUT2D eigenvalue weighted by atomic mass is 16.6. The number of ether oxygens (including phenoxy) is 2. The van der Waals surface area contributed by atoms with Gasteiger partial charge in [-0.2, -0.15) is 0 Å². The SMILES string of the molecule is COC(=O)[C@@]1(c2ccccc2C)C[C@@H]1/C=C/N(C(=O)OC(C)(C)C)c1ccccc1. The third-order valence-corrected chi connectivity index (χ3v) is 5.28. The van der Waals surface area contributed by atoms with Crippen molar-refractivity contribution in [2.24, 2.45) is 5.92 Å². The number of para-hydroxylation sites is 1. The van der Waals surface area contributed by atoms with Gasteiger partial charge in [0.15, 0.2) is 0 Å². The predicted octanol–water partition coefficient (Wildman–Crippen LogP) is 5.38. The fraction of sp³-hybridized carbons (Fsp3) is 0.360. The van der Waals surface area contributed by atoms with Crippen molar-refractivity contribution in [3.63, 3.8) is 0 Å². The molecule has 5 heteroatoms. The van der Waals surface area contributed by atoms with E-state index in [-0.39, 0.29) is 11.9 Å². The lowest BCUT2D eigenvalue weighted by Gasteiger charge is -2.25. The quantitative estimate of drug-likeness (QED) is 0.624. The average Bonchev–Trinajstić information content (AvgIpc) is 3.42. The summed E-state index contributed by atoms with van der Waals surface area (Å²) in [4.78, 5) is 27.0. The average molecular weight is 408 g/mol. The van der Waals surface area contributed by atoms with E-state index < -0.39 is 17.1 Å². The van der Waals surface area contributed by atoms with E-state index in [0.29, 0.717) is 12.1 Å². The van der Waals surface area contributed by atoms with Crippen molar-refractivity contribution >= 4 is 17.7 Å². The molecular weight excluding hydrogens is 378 g/mol. The first kappa shape index (κ1) is 21.6. The Kier molecular flexibility index (Phi) is 6.01. The molecule has 1 fully saturated rings. The van der Waals surface area contributed by atoms with Crippen LogP contribution < -0.4 is 4.90 Å². The van der Waals surface area contributed by atoms with E-state index in [1.165, 1.54) is 12.0 Å². The molecule has 2 atom stereocenters. The molecule has 0 aromatic heterocycles. The molecule has 1 saturated carbocycles. The summed E-state index contributed by atoms with van der Waals surface area (Å²) in [6.45, 7) is 7.49. The van der Waals surface area contributed by atoms with Crippen molar-refractivity contribution in [1.29, 1.82) is 0 Å². The zero-order valence-electron chi connectivity index (χ0n) is 18.2. The maximum Gasteiger partial charge on any atom is 0.418 e. The number of esters is 1. The number of nitrogens with zero attached hydrogens (tertiary/aromatic N) is 1. The molecule has 0 radical (unpaired) electrons. The second-order valence-electron chi connectivity index (χ2n) is 8.62. The van der Waals surface area contributed by atoms with Gasteiger partial charge < -0.3 is 9.47 Å². The Balaban J connectivity index is 1.91. The number of rotatable bonds is 5. The molecule has 0 bridgehead atoms. The summed E-state index contributed by atoms with van der Waals surface area (Å²) in [5.41, 5.74) is 1.38. The smallest absolute Gasteiger partial charge is 0.418 e. The van der Waals surface area contributed by atoms with Crippen LogP contribution in [0.3, 0.4) is 0 Å². The third kappa shape index (κ3) is 4.40. The molecule has 1 amide bonds. The van der Waals surface area contributed by atoms with Crippen LogP contribution in [0.4, 0.5) is 10.5 Å². The molecule has 3 rings (SSSR count). The van der Waals surface area contributed by atoms with E-state index in [4.69, 9.17) is 9.47 Å². The van der Waals surface area contributed by atoms with Crippen LogP contribution >= 0.6 is 0 Å². The first-order chi connectivity index (χ1) is 14.2. The maximum atomic E-state index is 12.8. The molecule has 0 unspecified atom stereocenters. The van der Waals surface area contributed by atoms with Gasteiger partial charge in [0, 0.05) is 12.1 Å². The minimum absolute atomic E-state index is 0.0697. The summed E-state index contributed by atoms with van der Waals surface area (Å²) in [6.07, 6.45) is 3.78. The maximum absolute atomic E-state index is 12.8. The standard InChI is InChI=1S/C25H29NO4/c1-18-11-9-10-14-21(18)25(22(27)29-5)17-19(25)15-16-26(20-12-7-6-8-13-20)23(28)30-24(2,3)4/h6-16,19H,17H2,1-5H3/b16-15+/t19-,25-/m0/s1. The van der Waals surface area contributed by atoms with Crippen molar-refractivity contribution < 1.29 is 19.1 Å². The Labute approximate surface area is 178 Å². The van der Waals surface area contributed by atoms with Crippen LogP contribution in [0.2, 0.25) is 0 Å². The Bertz CT molecular complexity index is 945. The zero-order valence-corrected chi connectivity index (χ0v) is 18.2. The van der Waals surface area contributed by atoms with Gasteiger partial charge in [0.1, 0.15) is 11.0 Å². The van der Waals surface area contributed by atoms with Crippen molar-refractivity contribution in [3.05, 3.63) is 78.0 Å². The summed E-state index contributed by atoms with van der Waals surface area (Å²) >= 11 is 0. The number of amides is 1. The molecule has 0 heterocycles. The number of hydrogen-bond acceptors (Lipinski definition) is 4. The fourth-order valence-electron chi connectivity index (χ4n) is 3.77. The highest BCUT2D eigenvalue weighted by molar-refractivity contribution is 5.91. The molecule has 1 aliphatic rings. The molecule has 0 N–H and O–H groups in total. The molecule has 158 valence electrons. The Morgan fingerprint density at radius 1 is 1.07 bits per heavy atom. The van der Waals surface area contributed by atoms with Crippen LogP contribution in [0.1, 0.15) is 38.3 Å². The molecule has 0 saturated heterocycles. The van der Waals surface area contributed by atoms with E-state index in [2.05, 4.69) is 0 Å². The highest BCUT2D eigenvalue weighted by Crippen LogP contribution is 2.56. The number of carbonyl (C=O) groups is 2. The van der Waals surface area contributed by atoms with Crippen LogP contribution in [0, 0.1) is 12.8 Å². The van der Waals surface area contributed by atoms with Gasteiger partial charge in [0.25, 0.3) is 0 Å². The van der Waals surface area contributed by atoms with E-state index in [0.717, 1.165) is 11.1 Å². The summed E-state index contributed by atoms with van der Waals surface area (Å²) in [5.74, 6) is -0.324. The number of hydrogen-bond donors (Lipinski definition) is 0. The largest absolute Gasteiger partial charge is 0.468 e. The number of methoxy groups -OCH3 is 1. The molecule has 2 aromatic rings. The third-order valence-electron chi connectivity index (χ3n) is 5.28. The van der Waals surface area contributed by atoms with Gasteiger partial charge in [-0.15, -0.1) is 0 Å². The van der Waals surface area contributed by atoms with Crippen LogP contribution in [-0.4, -0.2) is 24.8 Å². The lowest BCUT2D eigenvalue weighted by Crippen LogP contribution is -2.33. The van der Waals surface area contributed by atoms with E-state index in [9.17, 15) is 9.59 Å². The number of carbonyl (C=O) groups excluding carboxylic acids is 2. The zero-order chi connectivity index (χ0) is 21.9. The summed E-state index contributed by atoms with van der Waals surface area (Å²) in [6, 6.07) is 17.2. The lowest BCUT2D eigenvalue weighted by molar-refractivity contribution is -0.144. The van der Waals surface area contributed by atoms with Crippen LogP contribution in [0.25, 0.3) is 0 Å². The molecule has 30 heavy (non-hydrogen) atoms. The molecular formula is C25H29NO4. The fourth-order valence-corrected chi connectivity index (χ4v) is 3.77. The first-order valence-corrected chi connectivity index (χ1v) is 10.1. The monoisotopic (exact) mass is 407 g/mol. The normalized spacial score (nSPS) is 20.6. The number of anilines is 1. The highest BCUT2D eigenvalue weighted by Gasteiger charge is 2.61. The molecule has 1 aliphatic carbocycles. The molecule has 2 aromatic carbocycles. The summed E-state index contributed by atoms with van der Waals surface area (Å²) in [5, 5.41) is 0. The van der Waals surface area contributed by atoms with Crippen LogP contribution in [-0.2, 0) is 19.7 Å². The van der Waals surface area contributed by atoms with Gasteiger partial charge >= 0.3 is 12.1 Å². The van der Waals surface area contributed by atoms with Gasteiger partial charge in [-0.1, -0.05) is 48.5 Å². The van der Waals surface area contributed by atoms with Gasteiger partial charge in [-0.3, -0.25) is 9.69 Å². The summed E-state index contributed by atoms with van der Waals surface area (Å²) in [7, 11) is 1.42. The number of allylic oxidation sites excluding steroid dienone is 1. The topological polar surface area (TPSA) is 55.8 Å². The van der Waals surface area contributed by atoms with E-state index in [1.807, 2.05) is 88.4 Å².